The van der Waals surface area contributed by atoms with Crippen LogP contribution in [0.4, 0.5) is 0 Å². The third kappa shape index (κ3) is 4.20. The van der Waals surface area contributed by atoms with Gasteiger partial charge in [-0.25, -0.2) is 9.79 Å². The van der Waals surface area contributed by atoms with Crippen molar-refractivity contribution in [2.24, 2.45) is 4.99 Å². The van der Waals surface area contributed by atoms with Crippen molar-refractivity contribution in [2.45, 2.75) is 33.8 Å². The van der Waals surface area contributed by atoms with Crippen LogP contribution in [-0.4, -0.2) is 25.1 Å². The fourth-order valence-electron chi connectivity index (χ4n) is 2.74. The van der Waals surface area contributed by atoms with Crippen LogP contribution in [0.15, 0.2) is 41.0 Å². The van der Waals surface area contributed by atoms with E-state index in [-0.39, 0.29) is 17.7 Å². The molecule has 0 unspecified atom stereocenters. The van der Waals surface area contributed by atoms with Crippen molar-refractivity contribution in [2.75, 3.05) is 7.11 Å². The van der Waals surface area contributed by atoms with Crippen molar-refractivity contribution in [3.63, 3.8) is 0 Å². The highest BCUT2D eigenvalue weighted by atomic mass is 35.5. The lowest BCUT2D eigenvalue weighted by Crippen LogP contribution is -2.07. The molecule has 0 spiro atoms. The number of carbonyl (C=O) groups excluding carboxylic acids is 1. The summed E-state index contributed by atoms with van der Waals surface area (Å²) in [4.78, 5) is 16.6. The quantitative estimate of drug-likeness (QED) is 0.518. The molecule has 0 saturated heterocycles. The zero-order valence-corrected chi connectivity index (χ0v) is 17.3. The highest BCUT2D eigenvalue weighted by molar-refractivity contribution is 6.32. The molecule has 5 nitrogen and oxygen atoms in total. The largest absolute Gasteiger partial charge is 0.493 e. The molecule has 1 aliphatic heterocycles. The van der Waals surface area contributed by atoms with E-state index in [1.807, 2.05) is 45.9 Å². The smallest absolute Gasteiger partial charge is 0.363 e. The summed E-state index contributed by atoms with van der Waals surface area (Å²) < 4.78 is 16.4. The summed E-state index contributed by atoms with van der Waals surface area (Å²) >= 11 is 6.35. The van der Waals surface area contributed by atoms with Crippen molar-refractivity contribution >= 4 is 29.5 Å². The number of nitrogens with zero attached hydrogens (tertiary/aromatic N) is 1. The molecule has 0 saturated carbocycles. The zero-order valence-electron chi connectivity index (χ0n) is 16.5. The predicted octanol–water partition coefficient (Wildman–Crippen LogP) is 5.10. The van der Waals surface area contributed by atoms with Crippen LogP contribution in [0.1, 0.15) is 36.1 Å². The fourth-order valence-corrected chi connectivity index (χ4v) is 3.00. The summed E-state index contributed by atoms with van der Waals surface area (Å²) in [7, 11) is 1.54. The first-order valence-corrected chi connectivity index (χ1v) is 9.30. The van der Waals surface area contributed by atoms with Crippen LogP contribution in [-0.2, 0) is 9.53 Å². The van der Waals surface area contributed by atoms with E-state index in [4.69, 9.17) is 25.8 Å². The number of hydrogen-bond donors (Lipinski definition) is 0. The molecule has 0 bridgehead atoms. The van der Waals surface area contributed by atoms with Gasteiger partial charge in [-0.15, -0.1) is 0 Å². The van der Waals surface area contributed by atoms with Gasteiger partial charge in [0.05, 0.1) is 18.2 Å². The minimum absolute atomic E-state index is 0.0504. The van der Waals surface area contributed by atoms with Crippen molar-refractivity contribution in [3.05, 3.63) is 63.3 Å². The highest BCUT2D eigenvalue weighted by Crippen LogP contribution is 2.38. The van der Waals surface area contributed by atoms with Crippen LogP contribution in [0.25, 0.3) is 6.08 Å². The molecule has 0 aliphatic carbocycles. The first-order chi connectivity index (χ1) is 13.3. The second-order valence-electron chi connectivity index (χ2n) is 6.84. The Morgan fingerprint density at radius 3 is 2.54 bits per heavy atom. The minimum Gasteiger partial charge on any atom is -0.493 e. The molecule has 3 rings (SSSR count). The number of cyclic esters (lactones) is 1. The van der Waals surface area contributed by atoms with Crippen molar-refractivity contribution in [1.82, 2.24) is 0 Å². The van der Waals surface area contributed by atoms with Crippen LogP contribution in [0.3, 0.4) is 0 Å². The summed E-state index contributed by atoms with van der Waals surface area (Å²) in [6.07, 6.45) is 1.56. The summed E-state index contributed by atoms with van der Waals surface area (Å²) in [5.74, 6) is 0.732. The molecule has 0 N–H and O–H groups in total. The van der Waals surface area contributed by atoms with Gasteiger partial charge in [-0.2, -0.15) is 0 Å². The van der Waals surface area contributed by atoms with E-state index in [1.54, 1.807) is 18.2 Å². The number of benzene rings is 2. The number of halogens is 1. The maximum Gasteiger partial charge on any atom is 0.363 e. The molecule has 1 heterocycles. The molecule has 28 heavy (non-hydrogen) atoms. The molecule has 6 heteroatoms. The number of esters is 1. The minimum atomic E-state index is -0.508. The number of hydrogen-bond acceptors (Lipinski definition) is 5. The van der Waals surface area contributed by atoms with E-state index in [9.17, 15) is 4.79 Å². The van der Waals surface area contributed by atoms with Gasteiger partial charge in [0.1, 0.15) is 0 Å². The standard InChI is InChI=1S/C22H22ClNO4/c1-12(2)27-20-17(23)9-15(11-19(20)26-5)10-18-22(25)28-21(24-18)16-7-6-13(3)14(4)8-16/h6-12H,1-5H3/b18-10-. The Kier molecular flexibility index (Phi) is 5.75. The number of rotatable bonds is 5. The van der Waals surface area contributed by atoms with Crippen LogP contribution in [0.5, 0.6) is 11.5 Å². The molecule has 0 radical (unpaired) electrons. The molecular formula is C22H22ClNO4. The second kappa shape index (κ2) is 8.07. The van der Waals surface area contributed by atoms with Gasteiger partial charge >= 0.3 is 5.97 Å². The van der Waals surface area contributed by atoms with Gasteiger partial charge in [-0.05, 0) is 74.7 Å². The molecule has 2 aromatic rings. The van der Waals surface area contributed by atoms with Gasteiger partial charge in [-0.1, -0.05) is 17.7 Å². The predicted molar refractivity (Wildman–Crippen MR) is 110 cm³/mol. The van der Waals surface area contributed by atoms with Gasteiger partial charge < -0.3 is 14.2 Å². The van der Waals surface area contributed by atoms with Crippen molar-refractivity contribution in [1.29, 1.82) is 0 Å². The van der Waals surface area contributed by atoms with Crippen LogP contribution in [0.2, 0.25) is 5.02 Å². The molecule has 0 fully saturated rings. The lowest BCUT2D eigenvalue weighted by atomic mass is 10.1. The van der Waals surface area contributed by atoms with Crippen LogP contribution < -0.4 is 9.47 Å². The Morgan fingerprint density at radius 2 is 1.89 bits per heavy atom. The molecule has 146 valence electrons. The average Bonchev–Trinajstić information content (AvgIpc) is 2.99. The Hall–Kier alpha value is -2.79. The number of aliphatic imine (C=N–C) groups is 1. The number of aryl methyl sites for hydroxylation is 2. The van der Waals surface area contributed by atoms with Crippen LogP contribution >= 0.6 is 11.6 Å². The first kappa shape index (κ1) is 20.0. The number of methoxy groups -OCH3 is 1. The molecule has 0 atom stereocenters. The van der Waals surface area contributed by atoms with Gasteiger partial charge in [0.25, 0.3) is 0 Å². The normalized spacial score (nSPS) is 15.0. The number of ether oxygens (including phenoxy) is 3. The van der Waals surface area contributed by atoms with Gasteiger partial charge in [0.2, 0.25) is 5.90 Å². The summed E-state index contributed by atoms with van der Waals surface area (Å²) in [5.41, 5.74) is 3.89. The third-order valence-electron chi connectivity index (χ3n) is 4.28. The average molecular weight is 400 g/mol. The maximum absolute atomic E-state index is 12.3. The molecule has 1 aliphatic rings. The Labute approximate surface area is 169 Å². The van der Waals surface area contributed by atoms with Gasteiger partial charge in [0.15, 0.2) is 17.2 Å². The summed E-state index contributed by atoms with van der Waals surface area (Å²) in [6.45, 7) is 7.84. The van der Waals surface area contributed by atoms with E-state index in [2.05, 4.69) is 4.99 Å². The van der Waals surface area contributed by atoms with E-state index in [0.29, 0.717) is 22.1 Å². The first-order valence-electron chi connectivity index (χ1n) is 8.93. The Morgan fingerprint density at radius 1 is 1.14 bits per heavy atom. The summed E-state index contributed by atoms with van der Waals surface area (Å²) in [5, 5.41) is 0.393. The fraction of sp³-hybridized carbons (Fsp3) is 0.273. The monoisotopic (exact) mass is 399 g/mol. The van der Waals surface area contributed by atoms with Gasteiger partial charge in [-0.3, -0.25) is 0 Å². The molecular weight excluding hydrogens is 378 g/mol. The molecule has 0 amide bonds. The Bertz CT molecular complexity index is 992. The van der Waals surface area contributed by atoms with E-state index in [1.165, 1.54) is 7.11 Å². The van der Waals surface area contributed by atoms with E-state index >= 15 is 0 Å². The number of carbonyl (C=O) groups is 1. The molecule has 0 aromatic heterocycles. The topological polar surface area (TPSA) is 57.1 Å². The van der Waals surface area contributed by atoms with Crippen molar-refractivity contribution in [3.8, 4) is 11.5 Å². The second-order valence-corrected chi connectivity index (χ2v) is 7.24. The Balaban J connectivity index is 1.96. The zero-order chi connectivity index (χ0) is 20.4. The third-order valence-corrected chi connectivity index (χ3v) is 4.56. The van der Waals surface area contributed by atoms with Crippen molar-refractivity contribution < 1.29 is 19.0 Å². The van der Waals surface area contributed by atoms with E-state index < -0.39 is 5.97 Å². The summed E-state index contributed by atoms with van der Waals surface area (Å²) in [6, 6.07) is 9.25. The lowest BCUT2D eigenvalue weighted by Gasteiger charge is -2.15. The van der Waals surface area contributed by atoms with Crippen LogP contribution in [0, 0.1) is 13.8 Å². The highest BCUT2D eigenvalue weighted by Gasteiger charge is 2.25. The lowest BCUT2D eigenvalue weighted by molar-refractivity contribution is -0.129. The maximum atomic E-state index is 12.3. The molecule has 2 aromatic carbocycles. The SMILES string of the molecule is COc1cc(/C=C2\N=C(c3ccc(C)c(C)c3)OC2=O)cc(Cl)c1OC(C)C. The van der Waals surface area contributed by atoms with Gasteiger partial charge in [0, 0.05) is 5.56 Å². The van der Waals surface area contributed by atoms with E-state index in [0.717, 1.165) is 16.7 Å².